The molecule has 2 aliphatic rings. The van der Waals surface area contributed by atoms with E-state index in [4.69, 9.17) is 4.74 Å². The Hall–Kier alpha value is -3.75. The van der Waals surface area contributed by atoms with Crippen molar-refractivity contribution < 1.29 is 18.7 Å². The molecular formula is C35H43FN4O3. The molecular weight excluding hydrogens is 543 g/mol. The summed E-state index contributed by atoms with van der Waals surface area (Å²) in [6, 6.07) is 21.9. The number of amides is 2. The molecule has 7 nitrogen and oxygen atoms in total. The number of rotatable bonds is 7. The summed E-state index contributed by atoms with van der Waals surface area (Å²) < 4.78 is 19.6. The number of halogens is 1. The monoisotopic (exact) mass is 586 g/mol. The van der Waals surface area contributed by atoms with E-state index < -0.39 is 0 Å². The van der Waals surface area contributed by atoms with Gasteiger partial charge in [0.05, 0.1) is 0 Å². The third-order valence-corrected chi connectivity index (χ3v) is 8.38. The van der Waals surface area contributed by atoms with Gasteiger partial charge in [-0.3, -0.25) is 19.4 Å². The largest absolute Gasteiger partial charge is 0.492 e. The maximum Gasteiger partial charge on any atom is 0.254 e. The number of carbonyl (C=O) groups is 2. The summed E-state index contributed by atoms with van der Waals surface area (Å²) in [5, 5.41) is 0. The summed E-state index contributed by atoms with van der Waals surface area (Å²) in [6.45, 7) is 8.81. The highest BCUT2D eigenvalue weighted by Gasteiger charge is 2.23. The molecule has 0 unspecified atom stereocenters. The van der Waals surface area contributed by atoms with Gasteiger partial charge in [-0.2, -0.15) is 0 Å². The van der Waals surface area contributed by atoms with Crippen LogP contribution in [0, 0.1) is 5.82 Å². The Labute approximate surface area is 254 Å². The Morgan fingerprint density at radius 1 is 0.791 bits per heavy atom. The average Bonchev–Trinajstić information content (AvgIpc) is 3.06. The number of benzene rings is 3. The van der Waals surface area contributed by atoms with Crippen molar-refractivity contribution in [3.63, 3.8) is 0 Å². The van der Waals surface area contributed by atoms with Crippen LogP contribution in [-0.2, 0) is 17.9 Å². The highest BCUT2D eigenvalue weighted by Crippen LogP contribution is 2.25. The van der Waals surface area contributed by atoms with E-state index in [1.807, 2.05) is 58.3 Å². The summed E-state index contributed by atoms with van der Waals surface area (Å²) in [6.07, 6.45) is 4.57. The predicted octanol–water partition coefficient (Wildman–Crippen LogP) is 5.59. The highest BCUT2D eigenvalue weighted by molar-refractivity contribution is 5.95. The number of hydrogen-bond acceptors (Lipinski definition) is 5. The maximum absolute atomic E-state index is 14.1. The van der Waals surface area contributed by atoms with E-state index in [0.29, 0.717) is 50.6 Å². The van der Waals surface area contributed by atoms with Gasteiger partial charge in [-0.25, -0.2) is 4.39 Å². The zero-order chi connectivity index (χ0) is 30.0. The molecule has 0 bridgehead atoms. The average molecular weight is 587 g/mol. The molecule has 2 heterocycles. The van der Waals surface area contributed by atoms with Crippen LogP contribution >= 0.6 is 0 Å². The highest BCUT2D eigenvalue weighted by atomic mass is 19.1. The molecule has 8 heteroatoms. The second-order valence-electron chi connectivity index (χ2n) is 11.6. The van der Waals surface area contributed by atoms with Crippen LogP contribution in [0.2, 0.25) is 0 Å². The van der Waals surface area contributed by atoms with Gasteiger partial charge in [-0.05, 0) is 79.9 Å². The summed E-state index contributed by atoms with van der Waals surface area (Å²) >= 11 is 0. The smallest absolute Gasteiger partial charge is 0.254 e. The Morgan fingerprint density at radius 2 is 1.56 bits per heavy atom. The van der Waals surface area contributed by atoms with Crippen molar-refractivity contribution in [2.45, 2.75) is 45.7 Å². The molecule has 1 fully saturated rings. The standard InChI is InChI=1S/C35H43FN4O3/c1-28(41)40-20-8-19-38(26-29-13-15-32(36)16-14-29)21-22-39(27-31-9-3-4-12-34(31)40)35(42)30-10-7-11-33(25-30)43-24-23-37-17-5-2-6-18-37/h3-4,7,9-16,25H,2,5-6,8,17-24,26-27H2,1H3. The minimum atomic E-state index is -0.259. The van der Waals surface area contributed by atoms with Gasteiger partial charge in [0.2, 0.25) is 5.91 Å². The van der Waals surface area contributed by atoms with Crippen LogP contribution in [0.4, 0.5) is 10.1 Å². The molecule has 0 radical (unpaired) electrons. The molecule has 1 saturated heterocycles. The van der Waals surface area contributed by atoms with E-state index in [1.165, 1.54) is 31.4 Å². The summed E-state index contributed by atoms with van der Waals surface area (Å²) in [4.78, 5) is 35.2. The van der Waals surface area contributed by atoms with Gasteiger partial charge >= 0.3 is 0 Å². The third kappa shape index (κ3) is 8.65. The molecule has 5 rings (SSSR count). The number of nitrogens with zero attached hydrogens (tertiary/aromatic N) is 4. The quantitative estimate of drug-likeness (QED) is 0.361. The van der Waals surface area contributed by atoms with E-state index in [9.17, 15) is 14.0 Å². The molecule has 3 aromatic rings. The second kappa shape index (κ2) is 15.1. The van der Waals surface area contributed by atoms with Crippen molar-refractivity contribution in [2.24, 2.45) is 0 Å². The van der Waals surface area contributed by atoms with Gasteiger partial charge in [0.15, 0.2) is 0 Å². The molecule has 0 N–H and O–H groups in total. The van der Waals surface area contributed by atoms with E-state index in [-0.39, 0.29) is 17.6 Å². The van der Waals surface area contributed by atoms with E-state index >= 15 is 0 Å². The Balaban J connectivity index is 1.35. The topological polar surface area (TPSA) is 56.3 Å². The Kier molecular flexibility index (Phi) is 10.8. The fourth-order valence-electron chi connectivity index (χ4n) is 6.02. The van der Waals surface area contributed by atoms with Gasteiger partial charge in [-0.15, -0.1) is 0 Å². The number of para-hydroxylation sites is 1. The maximum atomic E-state index is 14.1. The number of likely N-dealkylation sites (tertiary alicyclic amines) is 1. The molecule has 43 heavy (non-hydrogen) atoms. The van der Waals surface area contributed by atoms with E-state index in [0.717, 1.165) is 49.4 Å². The molecule has 0 aliphatic carbocycles. The van der Waals surface area contributed by atoms with Gasteiger partial charge in [0.25, 0.3) is 5.91 Å². The molecule has 0 atom stereocenters. The zero-order valence-electron chi connectivity index (χ0n) is 25.2. The SMILES string of the molecule is CC(=O)N1CCCN(Cc2ccc(F)cc2)CCN(C(=O)c2cccc(OCCN3CCCCC3)c2)Cc2ccccc21. The number of anilines is 1. The first-order valence-corrected chi connectivity index (χ1v) is 15.5. The molecule has 0 saturated carbocycles. The lowest BCUT2D eigenvalue weighted by Crippen LogP contribution is -2.38. The van der Waals surface area contributed by atoms with Crippen molar-refractivity contribution in [2.75, 3.05) is 57.3 Å². The minimum absolute atomic E-state index is 0.0240. The van der Waals surface area contributed by atoms with Gasteiger partial charge in [-0.1, -0.05) is 42.8 Å². The fourth-order valence-corrected chi connectivity index (χ4v) is 6.02. The zero-order valence-corrected chi connectivity index (χ0v) is 25.2. The molecule has 0 spiro atoms. The van der Waals surface area contributed by atoms with Crippen molar-refractivity contribution >= 4 is 17.5 Å². The molecule has 3 aromatic carbocycles. The number of ether oxygens (including phenoxy) is 1. The van der Waals surface area contributed by atoms with E-state index in [2.05, 4.69) is 9.80 Å². The van der Waals surface area contributed by atoms with Crippen LogP contribution in [0.3, 0.4) is 0 Å². The van der Waals surface area contributed by atoms with E-state index in [1.54, 1.807) is 19.1 Å². The molecule has 0 aromatic heterocycles. The number of hydrogen-bond donors (Lipinski definition) is 0. The van der Waals surface area contributed by atoms with Crippen LogP contribution in [0.5, 0.6) is 5.75 Å². The lowest BCUT2D eigenvalue weighted by atomic mass is 10.1. The lowest BCUT2D eigenvalue weighted by Gasteiger charge is -2.28. The molecule has 228 valence electrons. The first-order chi connectivity index (χ1) is 21.0. The predicted molar refractivity (Wildman–Crippen MR) is 168 cm³/mol. The first kappa shape index (κ1) is 30.7. The number of piperidine rings is 1. The Bertz CT molecular complexity index is 1360. The lowest BCUT2D eigenvalue weighted by molar-refractivity contribution is -0.116. The fraction of sp³-hybridized carbons (Fsp3) is 0.429. The summed E-state index contributed by atoms with van der Waals surface area (Å²) in [7, 11) is 0. The number of carbonyl (C=O) groups excluding carboxylic acids is 2. The van der Waals surface area contributed by atoms with Crippen molar-refractivity contribution in [1.82, 2.24) is 14.7 Å². The van der Waals surface area contributed by atoms with Crippen LogP contribution in [0.1, 0.15) is 54.1 Å². The van der Waals surface area contributed by atoms with Crippen LogP contribution < -0.4 is 9.64 Å². The summed E-state index contributed by atoms with van der Waals surface area (Å²) in [5.74, 6) is 0.336. The number of fused-ring (bicyclic) bond motifs is 1. The summed E-state index contributed by atoms with van der Waals surface area (Å²) in [5.41, 5.74) is 3.37. The molecule has 2 aliphatic heterocycles. The molecule has 2 amide bonds. The van der Waals surface area contributed by atoms with Crippen molar-refractivity contribution in [3.05, 3.63) is 95.3 Å². The van der Waals surface area contributed by atoms with Crippen molar-refractivity contribution in [1.29, 1.82) is 0 Å². The van der Waals surface area contributed by atoms with Gasteiger partial charge < -0.3 is 14.5 Å². The second-order valence-corrected chi connectivity index (χ2v) is 11.6. The Morgan fingerprint density at radius 3 is 2.35 bits per heavy atom. The van der Waals surface area contributed by atoms with Gasteiger partial charge in [0.1, 0.15) is 18.2 Å². The van der Waals surface area contributed by atoms with Crippen LogP contribution in [0.25, 0.3) is 0 Å². The van der Waals surface area contributed by atoms with Crippen LogP contribution in [-0.4, -0.2) is 78.9 Å². The van der Waals surface area contributed by atoms with Crippen molar-refractivity contribution in [3.8, 4) is 5.75 Å². The van der Waals surface area contributed by atoms with Gasteiger partial charge in [0, 0.05) is 64.0 Å². The minimum Gasteiger partial charge on any atom is -0.492 e. The first-order valence-electron chi connectivity index (χ1n) is 15.5. The normalized spacial score (nSPS) is 17.2. The third-order valence-electron chi connectivity index (χ3n) is 8.38. The van der Waals surface area contributed by atoms with Crippen LogP contribution in [0.15, 0.2) is 72.8 Å².